The molecule has 1 saturated carbocycles. The highest BCUT2D eigenvalue weighted by atomic mass is 16.5. The Bertz CT molecular complexity index is 879. The van der Waals surface area contributed by atoms with Crippen LogP contribution in [-0.2, 0) is 22.4 Å². The van der Waals surface area contributed by atoms with Gasteiger partial charge in [-0.25, -0.2) is 10.5 Å². The van der Waals surface area contributed by atoms with Crippen LogP contribution in [0.3, 0.4) is 0 Å². The maximum absolute atomic E-state index is 11.9. The molecule has 0 spiro atoms. The van der Waals surface area contributed by atoms with Gasteiger partial charge in [-0.1, -0.05) is 6.07 Å². The molecule has 2 aliphatic carbocycles. The first-order valence-corrected chi connectivity index (χ1v) is 9.13. The van der Waals surface area contributed by atoms with Crippen LogP contribution in [0, 0.1) is 11.8 Å². The van der Waals surface area contributed by atoms with Crippen molar-refractivity contribution in [3.05, 3.63) is 47.7 Å². The molecule has 1 fully saturated rings. The molecular formula is C20H21N3O4. The van der Waals surface area contributed by atoms with Gasteiger partial charge in [0.05, 0.1) is 0 Å². The molecule has 7 heteroatoms. The van der Waals surface area contributed by atoms with E-state index in [0.717, 1.165) is 30.4 Å². The van der Waals surface area contributed by atoms with E-state index >= 15 is 0 Å². The Balaban J connectivity index is 1.44. The van der Waals surface area contributed by atoms with E-state index in [1.54, 1.807) is 23.8 Å². The van der Waals surface area contributed by atoms with Gasteiger partial charge < -0.3 is 10.1 Å². The van der Waals surface area contributed by atoms with Gasteiger partial charge in [0.2, 0.25) is 11.8 Å². The van der Waals surface area contributed by atoms with E-state index in [1.807, 2.05) is 18.2 Å². The lowest BCUT2D eigenvalue weighted by Gasteiger charge is -2.23. The number of amides is 2. The third-order valence-electron chi connectivity index (χ3n) is 5.05. The number of hydrogen-bond donors (Lipinski definition) is 3. The highest BCUT2D eigenvalue weighted by molar-refractivity contribution is 5.93. The normalized spacial score (nSPS) is 18.3. The number of nitrogens with zero attached hydrogens (tertiary/aromatic N) is 1. The molecule has 140 valence electrons. The van der Waals surface area contributed by atoms with Gasteiger partial charge in [0.1, 0.15) is 17.3 Å². The minimum atomic E-state index is -0.335. The summed E-state index contributed by atoms with van der Waals surface area (Å²) < 4.78 is 5.93. The molecule has 7 nitrogen and oxygen atoms in total. The molecule has 1 aromatic heterocycles. The van der Waals surface area contributed by atoms with Crippen LogP contribution in [0.2, 0.25) is 0 Å². The van der Waals surface area contributed by atoms with E-state index in [1.165, 1.54) is 0 Å². The van der Waals surface area contributed by atoms with Crippen LogP contribution in [0.1, 0.15) is 30.4 Å². The molecule has 0 radical (unpaired) electrons. The number of anilines is 1. The Kier molecular flexibility index (Phi) is 4.77. The van der Waals surface area contributed by atoms with Crippen LogP contribution in [0.5, 0.6) is 11.5 Å². The van der Waals surface area contributed by atoms with Crippen molar-refractivity contribution in [2.24, 2.45) is 11.8 Å². The van der Waals surface area contributed by atoms with Gasteiger partial charge in [0.15, 0.2) is 0 Å². The fourth-order valence-electron chi connectivity index (χ4n) is 3.36. The summed E-state index contributed by atoms with van der Waals surface area (Å²) in [4.78, 5) is 27.6. The highest BCUT2D eigenvalue weighted by Gasteiger charge is 2.30. The van der Waals surface area contributed by atoms with Gasteiger partial charge in [-0.3, -0.25) is 14.8 Å². The molecule has 1 aromatic carbocycles. The van der Waals surface area contributed by atoms with Gasteiger partial charge >= 0.3 is 0 Å². The molecule has 4 rings (SSSR count). The fraction of sp³-hybridized carbons (Fsp3) is 0.350. The number of carbonyl (C=O) groups is 2. The smallest absolute Gasteiger partial charge is 0.246 e. The highest BCUT2D eigenvalue weighted by Crippen LogP contribution is 2.32. The molecule has 0 aliphatic heterocycles. The van der Waals surface area contributed by atoms with Crippen LogP contribution in [-0.4, -0.2) is 22.0 Å². The van der Waals surface area contributed by atoms with Gasteiger partial charge in [-0.15, -0.1) is 0 Å². The Hall–Kier alpha value is -2.93. The third kappa shape index (κ3) is 4.09. The second-order valence-corrected chi connectivity index (χ2v) is 7.09. The number of carbonyl (C=O) groups excluding carboxylic acids is 2. The predicted molar refractivity (Wildman–Crippen MR) is 97.6 cm³/mol. The summed E-state index contributed by atoms with van der Waals surface area (Å²) in [6.45, 7) is 0. The molecule has 2 aliphatic rings. The molecule has 2 amide bonds. The summed E-state index contributed by atoms with van der Waals surface area (Å²) in [6, 6.07) is 9.25. The number of fused-ring (bicyclic) bond motifs is 1. The first-order chi connectivity index (χ1) is 13.1. The number of aromatic nitrogens is 1. The van der Waals surface area contributed by atoms with Crippen LogP contribution < -0.4 is 15.5 Å². The van der Waals surface area contributed by atoms with Crippen molar-refractivity contribution < 1.29 is 19.5 Å². The second kappa shape index (κ2) is 7.36. The van der Waals surface area contributed by atoms with E-state index in [4.69, 9.17) is 9.94 Å². The Morgan fingerprint density at radius 1 is 1.00 bits per heavy atom. The van der Waals surface area contributed by atoms with Gasteiger partial charge in [0, 0.05) is 24.1 Å². The van der Waals surface area contributed by atoms with Gasteiger partial charge in [0.25, 0.3) is 0 Å². The van der Waals surface area contributed by atoms with Crippen molar-refractivity contribution in [2.75, 3.05) is 5.32 Å². The molecule has 27 heavy (non-hydrogen) atoms. The average Bonchev–Trinajstić information content (AvgIpc) is 3.52. The van der Waals surface area contributed by atoms with Crippen molar-refractivity contribution in [1.29, 1.82) is 0 Å². The molecule has 2 aromatic rings. The predicted octanol–water partition coefficient (Wildman–Crippen LogP) is 2.83. The number of hydroxylamine groups is 1. The minimum absolute atomic E-state index is 0.00917. The van der Waals surface area contributed by atoms with E-state index in [-0.39, 0.29) is 23.7 Å². The topological polar surface area (TPSA) is 101 Å². The van der Waals surface area contributed by atoms with Crippen molar-refractivity contribution >= 4 is 17.6 Å². The van der Waals surface area contributed by atoms with Crippen LogP contribution in [0.25, 0.3) is 0 Å². The minimum Gasteiger partial charge on any atom is -0.457 e. The number of benzene rings is 1. The third-order valence-corrected chi connectivity index (χ3v) is 5.05. The monoisotopic (exact) mass is 367 g/mol. The van der Waals surface area contributed by atoms with Crippen LogP contribution in [0.4, 0.5) is 5.82 Å². The summed E-state index contributed by atoms with van der Waals surface area (Å²) in [5, 5.41) is 11.6. The molecule has 0 bridgehead atoms. The number of nitrogens with one attached hydrogen (secondary N) is 2. The van der Waals surface area contributed by atoms with Crippen LogP contribution in [0.15, 0.2) is 36.5 Å². The summed E-state index contributed by atoms with van der Waals surface area (Å²) >= 11 is 0. The van der Waals surface area contributed by atoms with Crippen molar-refractivity contribution in [1.82, 2.24) is 10.5 Å². The zero-order valence-electron chi connectivity index (χ0n) is 14.8. The lowest BCUT2D eigenvalue weighted by molar-refractivity contribution is -0.133. The molecular weight excluding hydrogens is 346 g/mol. The Morgan fingerprint density at radius 3 is 2.59 bits per heavy atom. The van der Waals surface area contributed by atoms with Crippen molar-refractivity contribution in [3.63, 3.8) is 0 Å². The standard InChI is InChI=1S/C20H21N3O4/c24-19(12-1-2-12)22-18-11-17(7-8-21-18)27-16-6-5-13-9-15(20(25)23-26)4-3-14(13)10-16/h5-8,10-12,15,26H,1-4,9H2,(H,23,25)(H,21,22,24). The number of rotatable bonds is 5. The zero-order chi connectivity index (χ0) is 18.8. The zero-order valence-corrected chi connectivity index (χ0v) is 14.8. The SMILES string of the molecule is O=C(NO)C1CCc2cc(Oc3ccnc(NC(=O)C4CC4)c3)ccc2C1. The summed E-state index contributed by atoms with van der Waals surface area (Å²) in [5.74, 6) is 1.38. The van der Waals surface area contributed by atoms with E-state index < -0.39 is 0 Å². The quantitative estimate of drug-likeness (QED) is 0.557. The largest absolute Gasteiger partial charge is 0.457 e. The maximum atomic E-state index is 11.9. The Labute approximate surface area is 156 Å². The number of aryl methyl sites for hydroxylation is 1. The molecule has 1 heterocycles. The first kappa shape index (κ1) is 17.5. The van der Waals surface area contributed by atoms with Gasteiger partial charge in [-0.2, -0.15) is 0 Å². The van der Waals surface area contributed by atoms with Crippen molar-refractivity contribution in [3.8, 4) is 11.5 Å². The van der Waals surface area contributed by atoms with E-state index in [0.29, 0.717) is 30.2 Å². The lowest BCUT2D eigenvalue weighted by atomic mass is 9.83. The molecule has 3 N–H and O–H groups in total. The Morgan fingerprint density at radius 2 is 1.81 bits per heavy atom. The molecule has 1 atom stereocenters. The fourth-order valence-corrected chi connectivity index (χ4v) is 3.36. The van der Waals surface area contributed by atoms with E-state index in [9.17, 15) is 9.59 Å². The summed E-state index contributed by atoms with van der Waals surface area (Å²) in [5.41, 5.74) is 3.98. The van der Waals surface area contributed by atoms with Crippen molar-refractivity contribution in [2.45, 2.75) is 32.1 Å². The van der Waals surface area contributed by atoms with Crippen LogP contribution >= 0.6 is 0 Å². The maximum Gasteiger partial charge on any atom is 0.246 e. The second-order valence-electron chi connectivity index (χ2n) is 7.09. The van der Waals surface area contributed by atoms with Gasteiger partial charge in [-0.05, 0) is 61.4 Å². The first-order valence-electron chi connectivity index (χ1n) is 9.13. The van der Waals surface area contributed by atoms with E-state index in [2.05, 4.69) is 10.3 Å². The molecule has 1 unspecified atom stereocenters. The lowest BCUT2D eigenvalue weighted by Crippen LogP contribution is -2.31. The molecule has 0 saturated heterocycles. The average molecular weight is 367 g/mol. The number of pyridine rings is 1. The summed E-state index contributed by atoms with van der Waals surface area (Å²) in [7, 11) is 0. The number of ether oxygens (including phenoxy) is 1. The number of hydrogen-bond acceptors (Lipinski definition) is 5. The summed E-state index contributed by atoms with van der Waals surface area (Å²) in [6.07, 6.45) is 5.54.